The lowest BCUT2D eigenvalue weighted by Crippen LogP contribution is -2.36. The summed E-state index contributed by atoms with van der Waals surface area (Å²) in [5.41, 5.74) is 24.5. The highest BCUT2D eigenvalue weighted by atomic mass is 15.2. The highest BCUT2D eigenvalue weighted by Gasteiger charge is 2.51. The zero-order chi connectivity index (χ0) is 44.0. The van der Waals surface area contributed by atoms with Crippen molar-refractivity contribution >= 4 is 34.1 Å². The van der Waals surface area contributed by atoms with E-state index < -0.39 is 5.41 Å². The van der Waals surface area contributed by atoms with Crippen LogP contribution in [-0.4, -0.2) is 0 Å². The van der Waals surface area contributed by atoms with Gasteiger partial charge in [0.2, 0.25) is 0 Å². The Kier molecular flexibility index (Phi) is 8.51. The molecule has 13 rings (SSSR count). The molecule has 0 bridgehead atoms. The molecule has 10 aromatic carbocycles. The van der Waals surface area contributed by atoms with Gasteiger partial charge in [-0.15, -0.1) is 0 Å². The number of rotatable bonds is 6. The molecule has 66 heavy (non-hydrogen) atoms. The van der Waals surface area contributed by atoms with Gasteiger partial charge in [0, 0.05) is 28.2 Å². The number of nitrogens with zero attached hydrogens (tertiary/aromatic N) is 2. The van der Waals surface area contributed by atoms with E-state index in [1.54, 1.807) is 0 Å². The molecular weight excluding hydrogens is 797 g/mol. The molecule has 10 aromatic rings. The van der Waals surface area contributed by atoms with Crippen molar-refractivity contribution in [3.05, 3.63) is 276 Å². The van der Waals surface area contributed by atoms with Crippen LogP contribution in [0.1, 0.15) is 47.2 Å². The van der Waals surface area contributed by atoms with Gasteiger partial charge >= 0.3 is 0 Å². The average Bonchev–Trinajstić information content (AvgIpc) is 3.80. The van der Waals surface area contributed by atoms with Crippen LogP contribution in [0.3, 0.4) is 0 Å². The fraction of sp³-hybridized carbons (Fsp3) is 0.0625. The van der Waals surface area contributed by atoms with Gasteiger partial charge in [-0.05, 0) is 151 Å². The summed E-state index contributed by atoms with van der Waals surface area (Å²) in [6.07, 6.45) is 0. The summed E-state index contributed by atoms with van der Waals surface area (Å²) in [6.45, 7) is 4.70. The van der Waals surface area contributed by atoms with Crippen molar-refractivity contribution in [2.24, 2.45) is 0 Å². The molecule has 0 saturated carbocycles. The molecule has 0 atom stereocenters. The molecule has 312 valence electrons. The van der Waals surface area contributed by atoms with Crippen LogP contribution in [0.25, 0.3) is 44.5 Å². The van der Waals surface area contributed by atoms with E-state index in [4.69, 9.17) is 0 Å². The second kappa shape index (κ2) is 14.7. The van der Waals surface area contributed by atoms with E-state index in [1.807, 2.05) is 0 Å². The Balaban J connectivity index is 0.889. The second-order valence-corrected chi connectivity index (χ2v) is 18.5. The van der Waals surface area contributed by atoms with Gasteiger partial charge in [0.25, 0.3) is 0 Å². The van der Waals surface area contributed by atoms with Crippen LogP contribution in [0.2, 0.25) is 0 Å². The monoisotopic (exact) mass is 842 g/mol. The fourth-order valence-electron chi connectivity index (χ4n) is 11.7. The summed E-state index contributed by atoms with van der Waals surface area (Å²) >= 11 is 0. The smallest absolute Gasteiger partial charge is 0.0754 e. The molecule has 0 aromatic heterocycles. The number of benzene rings is 10. The van der Waals surface area contributed by atoms with Crippen LogP contribution in [0.5, 0.6) is 0 Å². The van der Waals surface area contributed by atoms with E-state index in [1.165, 1.54) is 89.3 Å². The van der Waals surface area contributed by atoms with E-state index >= 15 is 0 Å². The predicted molar refractivity (Wildman–Crippen MR) is 275 cm³/mol. The Bertz CT molecular complexity index is 3450. The van der Waals surface area contributed by atoms with Gasteiger partial charge in [-0.25, -0.2) is 0 Å². The van der Waals surface area contributed by atoms with Crippen LogP contribution in [0.4, 0.5) is 34.1 Å². The van der Waals surface area contributed by atoms with Crippen LogP contribution in [0, 0.1) is 0 Å². The van der Waals surface area contributed by atoms with Crippen LogP contribution < -0.4 is 9.80 Å². The molecule has 0 amide bonds. The molecule has 1 spiro atoms. The summed E-state index contributed by atoms with van der Waals surface area (Å²) in [5, 5.41) is 0. The number of fused-ring (bicyclic) bond motifs is 12. The van der Waals surface area contributed by atoms with E-state index in [2.05, 4.69) is 266 Å². The SMILES string of the molecule is CC1(C)c2ccccc2-c2ccc(-c3ccc(N(c4ccccc4)c4ccc(-c5ccc6c(c5)C5(c7ccccc7-6)c6ccccc6N(c6ccccc6)c6ccccc65)cc4)cc3)cc21. The van der Waals surface area contributed by atoms with Gasteiger partial charge in [-0.1, -0.05) is 184 Å². The Morgan fingerprint density at radius 2 is 0.697 bits per heavy atom. The number of hydrogen-bond acceptors (Lipinski definition) is 2. The summed E-state index contributed by atoms with van der Waals surface area (Å²) in [6, 6.07) is 89.8. The molecule has 0 radical (unpaired) electrons. The predicted octanol–water partition coefficient (Wildman–Crippen LogP) is 16.9. The lowest BCUT2D eigenvalue weighted by Gasteiger charge is -2.45. The van der Waals surface area contributed by atoms with Gasteiger partial charge in [0.1, 0.15) is 0 Å². The standard InChI is InChI=1S/C64H46N2/c1-63(2)55-23-11-9-21-51(55)53-39-33-45(41-59(53)63)43-29-35-49(36-30-43)65(47-17-5-3-6-18-47)50-37-31-44(32-38-50)46-34-40-54-52-22-10-12-24-56(52)64(60(54)42-46)57-25-13-15-27-61(57)66(48-19-7-4-8-20-48)62-28-16-14-26-58(62)64/h3-42H,1-2H3. The van der Waals surface area contributed by atoms with Crippen molar-refractivity contribution in [2.45, 2.75) is 24.7 Å². The molecular formula is C64H46N2. The van der Waals surface area contributed by atoms with E-state index in [0.717, 1.165) is 22.7 Å². The lowest BCUT2D eigenvalue weighted by molar-refractivity contribution is 0.660. The zero-order valence-corrected chi connectivity index (χ0v) is 37.0. The minimum atomic E-state index is -0.502. The molecule has 1 aliphatic heterocycles. The molecule has 0 saturated heterocycles. The van der Waals surface area contributed by atoms with Crippen LogP contribution in [0.15, 0.2) is 243 Å². The summed E-state index contributed by atoms with van der Waals surface area (Å²) < 4.78 is 0. The van der Waals surface area contributed by atoms with Gasteiger partial charge in [-0.3, -0.25) is 0 Å². The summed E-state index contributed by atoms with van der Waals surface area (Å²) in [5.74, 6) is 0. The molecule has 2 nitrogen and oxygen atoms in total. The summed E-state index contributed by atoms with van der Waals surface area (Å²) in [4.78, 5) is 4.80. The van der Waals surface area contributed by atoms with Crippen molar-refractivity contribution in [1.29, 1.82) is 0 Å². The van der Waals surface area contributed by atoms with Crippen molar-refractivity contribution < 1.29 is 0 Å². The molecule has 0 unspecified atom stereocenters. The Morgan fingerprint density at radius 3 is 1.27 bits per heavy atom. The maximum atomic E-state index is 2.47. The highest BCUT2D eigenvalue weighted by Crippen LogP contribution is 2.63. The third kappa shape index (κ3) is 5.55. The van der Waals surface area contributed by atoms with Crippen molar-refractivity contribution in [1.82, 2.24) is 0 Å². The normalized spacial score (nSPS) is 14.1. The van der Waals surface area contributed by atoms with Gasteiger partial charge in [-0.2, -0.15) is 0 Å². The average molecular weight is 843 g/mol. The number of anilines is 6. The van der Waals surface area contributed by atoms with Crippen molar-refractivity contribution in [2.75, 3.05) is 9.80 Å². The van der Waals surface area contributed by atoms with E-state index in [-0.39, 0.29) is 5.41 Å². The first-order valence-electron chi connectivity index (χ1n) is 23.1. The van der Waals surface area contributed by atoms with Gasteiger partial charge in [0.15, 0.2) is 0 Å². The number of para-hydroxylation sites is 4. The lowest BCUT2D eigenvalue weighted by atomic mass is 9.64. The first kappa shape index (κ1) is 38.3. The van der Waals surface area contributed by atoms with Crippen molar-refractivity contribution in [3.63, 3.8) is 0 Å². The van der Waals surface area contributed by atoms with Crippen LogP contribution >= 0.6 is 0 Å². The highest BCUT2D eigenvalue weighted by molar-refractivity contribution is 5.97. The third-order valence-corrected chi connectivity index (χ3v) is 14.7. The maximum absolute atomic E-state index is 2.47. The van der Waals surface area contributed by atoms with Crippen molar-refractivity contribution in [3.8, 4) is 44.5 Å². The Hall–Kier alpha value is -8.20. The Morgan fingerprint density at radius 1 is 0.303 bits per heavy atom. The quantitative estimate of drug-likeness (QED) is 0.165. The minimum Gasteiger partial charge on any atom is -0.311 e. The van der Waals surface area contributed by atoms with E-state index in [9.17, 15) is 0 Å². The summed E-state index contributed by atoms with van der Waals surface area (Å²) in [7, 11) is 0. The largest absolute Gasteiger partial charge is 0.311 e. The minimum absolute atomic E-state index is 0.0401. The number of hydrogen-bond donors (Lipinski definition) is 0. The first-order chi connectivity index (χ1) is 32.5. The third-order valence-electron chi connectivity index (χ3n) is 14.7. The first-order valence-corrected chi connectivity index (χ1v) is 23.1. The second-order valence-electron chi connectivity index (χ2n) is 18.5. The molecule has 2 heteroatoms. The van der Waals surface area contributed by atoms with E-state index in [0.29, 0.717) is 0 Å². The molecule has 3 aliphatic rings. The molecule has 0 N–H and O–H groups in total. The molecule has 0 fully saturated rings. The molecule has 1 heterocycles. The van der Waals surface area contributed by atoms with Crippen LogP contribution in [-0.2, 0) is 10.8 Å². The molecule has 2 aliphatic carbocycles. The fourth-order valence-corrected chi connectivity index (χ4v) is 11.7. The maximum Gasteiger partial charge on any atom is 0.0754 e. The topological polar surface area (TPSA) is 6.48 Å². The zero-order valence-electron chi connectivity index (χ0n) is 37.0. The Labute approximate surface area is 387 Å². The van der Waals surface area contributed by atoms with Gasteiger partial charge < -0.3 is 9.80 Å². The van der Waals surface area contributed by atoms with Gasteiger partial charge in [0.05, 0.1) is 16.8 Å².